The van der Waals surface area contributed by atoms with Crippen molar-refractivity contribution < 1.29 is 9.53 Å². The highest BCUT2D eigenvalue weighted by Crippen LogP contribution is 2.22. The Morgan fingerprint density at radius 3 is 2.52 bits per heavy atom. The number of nitrogens with one attached hydrogen (secondary N) is 1. The van der Waals surface area contributed by atoms with Crippen molar-refractivity contribution in [1.29, 1.82) is 0 Å². The van der Waals surface area contributed by atoms with E-state index < -0.39 is 0 Å². The first-order chi connectivity index (χ1) is 14.0. The van der Waals surface area contributed by atoms with Gasteiger partial charge in [-0.3, -0.25) is 4.79 Å². The molecule has 0 aliphatic carbocycles. The fourth-order valence-electron chi connectivity index (χ4n) is 3.26. The first kappa shape index (κ1) is 20.9. The lowest BCUT2D eigenvalue weighted by Crippen LogP contribution is -2.28. The molecule has 3 rings (SSSR count). The lowest BCUT2D eigenvalue weighted by atomic mass is 9.99. The van der Waals surface area contributed by atoms with Crippen molar-refractivity contribution in [2.75, 3.05) is 6.61 Å². The second kappa shape index (κ2) is 9.59. The van der Waals surface area contributed by atoms with Crippen LogP contribution in [0.1, 0.15) is 51.4 Å². The number of carbonyl (C=O) groups is 1. The van der Waals surface area contributed by atoms with E-state index in [1.807, 2.05) is 44.2 Å². The predicted molar refractivity (Wildman–Crippen MR) is 117 cm³/mol. The van der Waals surface area contributed by atoms with E-state index in [2.05, 4.69) is 41.9 Å². The normalized spacial score (nSPS) is 12.3. The number of benzene rings is 2. The molecule has 0 aliphatic rings. The average Bonchev–Trinajstić information content (AvgIpc) is 3.09. The predicted octanol–water partition coefficient (Wildman–Crippen LogP) is 4.90. The SMILES string of the molecule is CCC(C)c1ccc(OCCn2c(CNC(=O)C(C)C)nc3ccccc32)cc1. The molecule has 1 N–H and O–H groups in total. The zero-order valence-corrected chi connectivity index (χ0v) is 17.8. The number of fused-ring (bicyclic) bond motifs is 1. The van der Waals surface area contributed by atoms with Gasteiger partial charge in [-0.05, 0) is 42.2 Å². The van der Waals surface area contributed by atoms with Gasteiger partial charge in [0.05, 0.1) is 24.1 Å². The summed E-state index contributed by atoms with van der Waals surface area (Å²) in [5, 5.41) is 2.97. The molecule has 0 bridgehead atoms. The Bertz CT molecular complexity index is 944. The molecule has 5 heteroatoms. The van der Waals surface area contributed by atoms with E-state index in [-0.39, 0.29) is 11.8 Å². The van der Waals surface area contributed by atoms with Crippen molar-refractivity contribution in [3.05, 3.63) is 59.9 Å². The summed E-state index contributed by atoms with van der Waals surface area (Å²) in [7, 11) is 0. The fourth-order valence-corrected chi connectivity index (χ4v) is 3.26. The number of para-hydroxylation sites is 2. The molecule has 2 aromatic carbocycles. The Morgan fingerprint density at radius 1 is 1.10 bits per heavy atom. The highest BCUT2D eigenvalue weighted by atomic mass is 16.5. The zero-order chi connectivity index (χ0) is 20.8. The van der Waals surface area contributed by atoms with Gasteiger partial charge in [0, 0.05) is 5.92 Å². The van der Waals surface area contributed by atoms with E-state index in [1.54, 1.807) is 0 Å². The van der Waals surface area contributed by atoms with E-state index in [1.165, 1.54) is 5.56 Å². The Kier molecular flexibility index (Phi) is 6.91. The monoisotopic (exact) mass is 393 g/mol. The Labute approximate surface area is 173 Å². The van der Waals surface area contributed by atoms with Gasteiger partial charge in [-0.2, -0.15) is 0 Å². The molecule has 3 aromatic rings. The van der Waals surface area contributed by atoms with Crippen molar-refractivity contribution in [1.82, 2.24) is 14.9 Å². The number of rotatable bonds is 9. The molecule has 0 saturated carbocycles. The summed E-state index contributed by atoms with van der Waals surface area (Å²) < 4.78 is 8.11. The molecule has 1 amide bonds. The van der Waals surface area contributed by atoms with Gasteiger partial charge in [-0.25, -0.2) is 4.98 Å². The molecule has 0 saturated heterocycles. The number of carbonyl (C=O) groups excluding carboxylic acids is 1. The van der Waals surface area contributed by atoms with Crippen molar-refractivity contribution in [2.24, 2.45) is 5.92 Å². The van der Waals surface area contributed by atoms with E-state index in [4.69, 9.17) is 9.72 Å². The average molecular weight is 394 g/mol. The fraction of sp³-hybridized carbons (Fsp3) is 0.417. The molecule has 29 heavy (non-hydrogen) atoms. The summed E-state index contributed by atoms with van der Waals surface area (Å²) >= 11 is 0. The van der Waals surface area contributed by atoms with Crippen molar-refractivity contribution in [3.63, 3.8) is 0 Å². The highest BCUT2D eigenvalue weighted by molar-refractivity contribution is 5.78. The minimum atomic E-state index is -0.0467. The number of aromatic nitrogens is 2. The molecule has 1 unspecified atom stereocenters. The van der Waals surface area contributed by atoms with Gasteiger partial charge in [-0.1, -0.05) is 52.0 Å². The number of hydrogen-bond acceptors (Lipinski definition) is 3. The lowest BCUT2D eigenvalue weighted by molar-refractivity contribution is -0.124. The molecule has 0 aliphatic heterocycles. The van der Waals surface area contributed by atoms with Gasteiger partial charge in [-0.15, -0.1) is 0 Å². The van der Waals surface area contributed by atoms with Gasteiger partial charge < -0.3 is 14.6 Å². The van der Waals surface area contributed by atoms with Gasteiger partial charge in [0.25, 0.3) is 0 Å². The largest absolute Gasteiger partial charge is 0.492 e. The van der Waals surface area contributed by atoms with Crippen LogP contribution < -0.4 is 10.1 Å². The third kappa shape index (κ3) is 5.17. The summed E-state index contributed by atoms with van der Waals surface area (Å²) in [5.74, 6) is 2.26. The lowest BCUT2D eigenvalue weighted by Gasteiger charge is -2.13. The summed E-state index contributed by atoms with van der Waals surface area (Å²) in [6, 6.07) is 16.4. The summed E-state index contributed by atoms with van der Waals surface area (Å²) in [5.41, 5.74) is 3.32. The Hall–Kier alpha value is -2.82. The number of hydrogen-bond donors (Lipinski definition) is 1. The van der Waals surface area contributed by atoms with Crippen LogP contribution in [0, 0.1) is 5.92 Å². The maximum absolute atomic E-state index is 12.0. The van der Waals surface area contributed by atoms with Crippen molar-refractivity contribution in [3.8, 4) is 5.75 Å². The first-order valence-corrected chi connectivity index (χ1v) is 10.4. The van der Waals surface area contributed by atoms with Crippen LogP contribution in [0.3, 0.4) is 0 Å². The number of amides is 1. The summed E-state index contributed by atoms with van der Waals surface area (Å²) in [6.07, 6.45) is 1.13. The van der Waals surface area contributed by atoms with E-state index in [0.29, 0.717) is 25.6 Å². The van der Waals surface area contributed by atoms with Crippen molar-refractivity contribution >= 4 is 16.9 Å². The van der Waals surface area contributed by atoms with Crippen LogP contribution in [0.2, 0.25) is 0 Å². The van der Waals surface area contributed by atoms with E-state index in [9.17, 15) is 4.79 Å². The highest BCUT2D eigenvalue weighted by Gasteiger charge is 2.13. The molecule has 0 spiro atoms. The molecule has 154 valence electrons. The summed E-state index contributed by atoms with van der Waals surface area (Å²) in [4.78, 5) is 16.7. The van der Waals surface area contributed by atoms with Crippen LogP contribution in [0.15, 0.2) is 48.5 Å². The zero-order valence-electron chi connectivity index (χ0n) is 17.8. The second-order valence-electron chi connectivity index (χ2n) is 7.77. The third-order valence-electron chi connectivity index (χ3n) is 5.32. The minimum absolute atomic E-state index is 0.0289. The first-order valence-electron chi connectivity index (χ1n) is 10.4. The van der Waals surface area contributed by atoms with Crippen LogP contribution in [-0.2, 0) is 17.9 Å². The van der Waals surface area contributed by atoms with Gasteiger partial charge in [0.15, 0.2) is 0 Å². The number of nitrogens with zero attached hydrogens (tertiary/aromatic N) is 2. The smallest absolute Gasteiger partial charge is 0.222 e. The standard InChI is InChI=1S/C24H31N3O2/c1-5-18(4)19-10-12-20(13-11-19)29-15-14-27-22-9-7-6-8-21(22)26-23(27)16-25-24(28)17(2)3/h6-13,17-18H,5,14-16H2,1-4H3,(H,25,28). The van der Waals surface area contributed by atoms with Crippen LogP contribution in [0.5, 0.6) is 5.75 Å². The molecular formula is C24H31N3O2. The maximum atomic E-state index is 12.0. The molecule has 0 radical (unpaired) electrons. The van der Waals surface area contributed by atoms with Crippen LogP contribution in [0.4, 0.5) is 0 Å². The van der Waals surface area contributed by atoms with E-state index >= 15 is 0 Å². The minimum Gasteiger partial charge on any atom is -0.492 e. The van der Waals surface area contributed by atoms with Crippen molar-refractivity contribution in [2.45, 2.75) is 53.1 Å². The quantitative estimate of drug-likeness (QED) is 0.562. The molecule has 1 heterocycles. The third-order valence-corrected chi connectivity index (χ3v) is 5.32. The van der Waals surface area contributed by atoms with Crippen LogP contribution in [-0.4, -0.2) is 22.1 Å². The molecule has 1 aromatic heterocycles. The van der Waals surface area contributed by atoms with Gasteiger partial charge in [0.1, 0.15) is 18.2 Å². The topological polar surface area (TPSA) is 56.1 Å². The molecule has 1 atom stereocenters. The van der Waals surface area contributed by atoms with Crippen LogP contribution in [0.25, 0.3) is 11.0 Å². The second-order valence-corrected chi connectivity index (χ2v) is 7.77. The summed E-state index contributed by atoms with van der Waals surface area (Å²) in [6.45, 7) is 9.83. The number of ether oxygens (including phenoxy) is 1. The molecule has 0 fully saturated rings. The van der Waals surface area contributed by atoms with Crippen LogP contribution >= 0.6 is 0 Å². The molecular weight excluding hydrogens is 362 g/mol. The Morgan fingerprint density at radius 2 is 1.83 bits per heavy atom. The van der Waals surface area contributed by atoms with Gasteiger partial charge in [0.2, 0.25) is 5.91 Å². The number of imidazole rings is 1. The maximum Gasteiger partial charge on any atom is 0.222 e. The molecule has 5 nitrogen and oxygen atoms in total. The van der Waals surface area contributed by atoms with Gasteiger partial charge >= 0.3 is 0 Å². The Balaban J connectivity index is 1.68. The van der Waals surface area contributed by atoms with E-state index in [0.717, 1.165) is 29.0 Å².